The summed E-state index contributed by atoms with van der Waals surface area (Å²) in [6, 6.07) is 9.73. The Hall–Kier alpha value is -3.32. The minimum Gasteiger partial charge on any atom is -0.369 e. The number of benzene rings is 1. The maximum atomic E-state index is 14.4. The third kappa shape index (κ3) is 3.33. The number of pyridine rings is 2. The Kier molecular flexibility index (Phi) is 4.64. The molecule has 32 heavy (non-hydrogen) atoms. The molecule has 162 valence electrons. The first-order valence-corrected chi connectivity index (χ1v) is 11.1. The molecule has 1 saturated carbocycles. The summed E-state index contributed by atoms with van der Waals surface area (Å²) < 4.78 is 28.7. The topological polar surface area (TPSA) is 56.8 Å². The second-order valence-corrected chi connectivity index (χ2v) is 8.54. The van der Waals surface area contributed by atoms with Gasteiger partial charge in [-0.2, -0.15) is 0 Å². The standard InChI is InChI=1S/C25H23F2N5/c26-19-2-1-3-20(27)24(19)22-12-17-16(6-7-29-25(17)31-22)21-13-23(32-10-8-28-9-11-32)18(14-30-21)15-4-5-15/h1-3,6-7,12-15,28H,4-5,8-11H2,(H,29,31). The van der Waals surface area contributed by atoms with E-state index in [1.807, 2.05) is 12.3 Å². The maximum Gasteiger partial charge on any atom is 0.138 e. The molecule has 2 N–H and O–H groups in total. The van der Waals surface area contributed by atoms with Crippen LogP contribution in [0.15, 0.2) is 48.8 Å². The van der Waals surface area contributed by atoms with Crippen LogP contribution in [-0.2, 0) is 0 Å². The first-order chi connectivity index (χ1) is 15.7. The molecule has 1 aliphatic carbocycles. The van der Waals surface area contributed by atoms with Crippen LogP contribution >= 0.6 is 0 Å². The van der Waals surface area contributed by atoms with E-state index in [4.69, 9.17) is 4.98 Å². The highest BCUT2D eigenvalue weighted by Gasteiger charge is 2.29. The van der Waals surface area contributed by atoms with Gasteiger partial charge in [-0.15, -0.1) is 0 Å². The lowest BCUT2D eigenvalue weighted by atomic mass is 10.0. The van der Waals surface area contributed by atoms with E-state index < -0.39 is 11.6 Å². The molecular weight excluding hydrogens is 408 g/mol. The van der Waals surface area contributed by atoms with Crippen molar-refractivity contribution >= 4 is 16.7 Å². The highest BCUT2D eigenvalue weighted by molar-refractivity contribution is 5.95. The summed E-state index contributed by atoms with van der Waals surface area (Å²) in [5.74, 6) is -0.612. The third-order valence-electron chi connectivity index (χ3n) is 6.43. The molecule has 1 aromatic carbocycles. The van der Waals surface area contributed by atoms with Crippen LogP contribution in [0.3, 0.4) is 0 Å². The van der Waals surface area contributed by atoms with E-state index in [0.717, 1.165) is 42.8 Å². The van der Waals surface area contributed by atoms with Gasteiger partial charge in [0, 0.05) is 55.2 Å². The molecule has 2 fully saturated rings. The number of aromatic nitrogens is 3. The molecule has 1 aliphatic heterocycles. The number of aromatic amines is 1. The number of nitrogens with one attached hydrogen (secondary N) is 2. The molecule has 3 aromatic heterocycles. The maximum absolute atomic E-state index is 14.4. The Bertz CT molecular complexity index is 1280. The molecule has 0 radical (unpaired) electrons. The Morgan fingerprint density at radius 3 is 2.50 bits per heavy atom. The molecule has 4 aromatic rings. The van der Waals surface area contributed by atoms with Crippen LogP contribution in [0.1, 0.15) is 24.3 Å². The molecule has 0 atom stereocenters. The van der Waals surface area contributed by atoms with Gasteiger partial charge in [-0.3, -0.25) is 4.98 Å². The molecule has 5 nitrogen and oxygen atoms in total. The lowest BCUT2D eigenvalue weighted by molar-refractivity contribution is 0.587. The van der Waals surface area contributed by atoms with Gasteiger partial charge in [-0.1, -0.05) is 6.07 Å². The van der Waals surface area contributed by atoms with E-state index in [9.17, 15) is 8.78 Å². The third-order valence-corrected chi connectivity index (χ3v) is 6.43. The van der Waals surface area contributed by atoms with E-state index in [1.54, 1.807) is 12.3 Å². The highest BCUT2D eigenvalue weighted by Crippen LogP contribution is 2.45. The molecule has 4 heterocycles. The average Bonchev–Trinajstić information content (AvgIpc) is 3.57. The number of hydrogen-bond acceptors (Lipinski definition) is 4. The van der Waals surface area contributed by atoms with E-state index >= 15 is 0 Å². The summed E-state index contributed by atoms with van der Waals surface area (Å²) >= 11 is 0. The lowest BCUT2D eigenvalue weighted by Crippen LogP contribution is -2.43. The van der Waals surface area contributed by atoms with Gasteiger partial charge in [-0.25, -0.2) is 13.8 Å². The largest absolute Gasteiger partial charge is 0.369 e. The van der Waals surface area contributed by atoms with Crippen LogP contribution in [0.2, 0.25) is 0 Å². The van der Waals surface area contributed by atoms with Crippen molar-refractivity contribution in [2.45, 2.75) is 18.8 Å². The summed E-state index contributed by atoms with van der Waals surface area (Å²) in [7, 11) is 0. The monoisotopic (exact) mass is 431 g/mol. The van der Waals surface area contributed by atoms with Gasteiger partial charge >= 0.3 is 0 Å². The number of hydrogen-bond donors (Lipinski definition) is 2. The summed E-state index contributed by atoms with van der Waals surface area (Å²) in [6.45, 7) is 3.87. The first-order valence-electron chi connectivity index (χ1n) is 11.1. The average molecular weight is 431 g/mol. The van der Waals surface area contributed by atoms with Crippen molar-refractivity contribution in [3.05, 3.63) is 66.0 Å². The van der Waals surface area contributed by atoms with Gasteiger partial charge in [0.2, 0.25) is 0 Å². The van der Waals surface area contributed by atoms with Gasteiger partial charge in [0.15, 0.2) is 0 Å². The van der Waals surface area contributed by atoms with Crippen LogP contribution in [0.25, 0.3) is 33.5 Å². The molecular formula is C25H23F2N5. The minimum atomic E-state index is -0.606. The SMILES string of the molecule is Fc1cccc(F)c1-c1cc2c(-c3cc(N4CCNCC4)c(C4CC4)cn3)ccnc2[nH]1. The summed E-state index contributed by atoms with van der Waals surface area (Å²) in [5, 5.41) is 4.21. The molecule has 7 heteroatoms. The number of piperazine rings is 1. The fourth-order valence-electron chi connectivity index (χ4n) is 4.63. The number of rotatable bonds is 4. The Morgan fingerprint density at radius 2 is 1.75 bits per heavy atom. The fraction of sp³-hybridized carbons (Fsp3) is 0.280. The number of H-pyrrole nitrogens is 1. The van der Waals surface area contributed by atoms with Crippen molar-refractivity contribution in [3.63, 3.8) is 0 Å². The number of fused-ring (bicyclic) bond motifs is 1. The van der Waals surface area contributed by atoms with Crippen molar-refractivity contribution in [3.8, 4) is 22.5 Å². The van der Waals surface area contributed by atoms with Crippen LogP contribution < -0.4 is 10.2 Å². The predicted octanol–water partition coefficient (Wildman–Crippen LogP) is 4.86. The Morgan fingerprint density at radius 1 is 0.969 bits per heavy atom. The van der Waals surface area contributed by atoms with Crippen molar-refractivity contribution in [2.24, 2.45) is 0 Å². The summed E-state index contributed by atoms with van der Waals surface area (Å²) in [6.07, 6.45) is 6.15. The Balaban J connectivity index is 1.48. The van der Waals surface area contributed by atoms with Gasteiger partial charge in [0.25, 0.3) is 0 Å². The molecule has 6 rings (SSSR count). The lowest BCUT2D eigenvalue weighted by Gasteiger charge is -2.31. The predicted molar refractivity (Wildman–Crippen MR) is 122 cm³/mol. The van der Waals surface area contributed by atoms with Gasteiger partial charge < -0.3 is 15.2 Å². The van der Waals surface area contributed by atoms with E-state index in [-0.39, 0.29) is 5.56 Å². The number of nitrogens with zero attached hydrogens (tertiary/aromatic N) is 3. The van der Waals surface area contributed by atoms with E-state index in [0.29, 0.717) is 17.3 Å². The molecule has 2 aliphatic rings. The van der Waals surface area contributed by atoms with Gasteiger partial charge in [0.1, 0.15) is 17.3 Å². The zero-order valence-corrected chi connectivity index (χ0v) is 17.5. The second kappa shape index (κ2) is 7.67. The highest BCUT2D eigenvalue weighted by atomic mass is 19.1. The van der Waals surface area contributed by atoms with Crippen molar-refractivity contribution < 1.29 is 8.78 Å². The van der Waals surface area contributed by atoms with Gasteiger partial charge in [0.05, 0.1) is 17.0 Å². The normalized spacial score (nSPS) is 16.6. The zero-order chi connectivity index (χ0) is 21.7. The first kappa shape index (κ1) is 19.4. The molecule has 0 spiro atoms. The van der Waals surface area contributed by atoms with Crippen molar-refractivity contribution in [1.82, 2.24) is 20.3 Å². The van der Waals surface area contributed by atoms with Crippen LogP contribution in [0.5, 0.6) is 0 Å². The fourth-order valence-corrected chi connectivity index (χ4v) is 4.63. The summed E-state index contributed by atoms with van der Waals surface area (Å²) in [5.41, 5.74) is 5.19. The van der Waals surface area contributed by atoms with Gasteiger partial charge in [-0.05, 0) is 54.7 Å². The minimum absolute atomic E-state index is 0.0741. The van der Waals surface area contributed by atoms with E-state index in [2.05, 4.69) is 26.3 Å². The molecule has 0 amide bonds. The van der Waals surface area contributed by atoms with Crippen LogP contribution in [0, 0.1) is 11.6 Å². The quantitative estimate of drug-likeness (QED) is 0.485. The van der Waals surface area contributed by atoms with E-state index in [1.165, 1.54) is 42.3 Å². The molecule has 0 unspecified atom stereocenters. The van der Waals surface area contributed by atoms with Crippen molar-refractivity contribution in [1.29, 1.82) is 0 Å². The number of anilines is 1. The zero-order valence-electron chi connectivity index (χ0n) is 17.5. The molecule has 1 saturated heterocycles. The van der Waals surface area contributed by atoms with Crippen LogP contribution in [-0.4, -0.2) is 41.1 Å². The summed E-state index contributed by atoms with van der Waals surface area (Å²) in [4.78, 5) is 14.7. The van der Waals surface area contributed by atoms with Crippen LogP contribution in [0.4, 0.5) is 14.5 Å². The Labute approximate surface area is 184 Å². The number of halogens is 2. The second-order valence-electron chi connectivity index (χ2n) is 8.54. The smallest absolute Gasteiger partial charge is 0.138 e. The molecule has 0 bridgehead atoms. The van der Waals surface area contributed by atoms with Crippen molar-refractivity contribution in [2.75, 3.05) is 31.1 Å².